The predicted octanol–water partition coefficient (Wildman–Crippen LogP) is 2.42. The van der Waals surface area contributed by atoms with Crippen LogP contribution in [0.15, 0.2) is 24.3 Å². The maximum Gasteiger partial charge on any atom is 0.234 e. The Labute approximate surface area is 118 Å². The third-order valence-electron chi connectivity index (χ3n) is 6.09. The first-order chi connectivity index (χ1) is 9.83. The Morgan fingerprint density at radius 1 is 1.20 bits per heavy atom. The number of ether oxygens (including phenoxy) is 1. The number of carbonyl (C=O) groups excluding carboxylic acids is 1. The van der Waals surface area contributed by atoms with Crippen molar-refractivity contribution in [3.63, 3.8) is 0 Å². The zero-order valence-electron chi connectivity index (χ0n) is 11.5. The predicted molar refractivity (Wildman–Crippen MR) is 74.5 cm³/mol. The molecule has 20 heavy (non-hydrogen) atoms. The van der Waals surface area contributed by atoms with E-state index in [0.29, 0.717) is 18.6 Å². The normalized spacial score (nSPS) is 40.0. The van der Waals surface area contributed by atoms with Gasteiger partial charge in [0.05, 0.1) is 0 Å². The summed E-state index contributed by atoms with van der Waals surface area (Å²) in [7, 11) is 0. The number of fused-ring (bicyclic) bond motifs is 6. The quantitative estimate of drug-likeness (QED) is 0.783. The first-order valence-corrected chi connectivity index (χ1v) is 7.85. The molecule has 0 N–H and O–H groups in total. The van der Waals surface area contributed by atoms with Gasteiger partial charge in [-0.05, 0) is 37.2 Å². The monoisotopic (exact) mass is 269 g/mol. The SMILES string of the molecule is O=C(C1COc2ccccc21)N1CC2C3CCC(C3)C21. The molecule has 1 saturated heterocycles. The van der Waals surface area contributed by atoms with Gasteiger partial charge in [-0.3, -0.25) is 4.79 Å². The fourth-order valence-electron chi connectivity index (χ4n) is 5.14. The van der Waals surface area contributed by atoms with E-state index in [4.69, 9.17) is 4.74 Å². The van der Waals surface area contributed by atoms with Gasteiger partial charge < -0.3 is 9.64 Å². The van der Waals surface area contributed by atoms with Crippen LogP contribution in [0.2, 0.25) is 0 Å². The molecule has 0 radical (unpaired) electrons. The Morgan fingerprint density at radius 3 is 2.95 bits per heavy atom. The number of carbonyl (C=O) groups is 1. The number of hydrogen-bond acceptors (Lipinski definition) is 2. The molecule has 4 aliphatic rings. The van der Waals surface area contributed by atoms with Crippen molar-refractivity contribution in [2.45, 2.75) is 31.2 Å². The van der Waals surface area contributed by atoms with Crippen LogP contribution in [0.4, 0.5) is 0 Å². The fourth-order valence-corrected chi connectivity index (χ4v) is 5.14. The summed E-state index contributed by atoms with van der Waals surface area (Å²) in [4.78, 5) is 15.0. The van der Waals surface area contributed by atoms with Crippen molar-refractivity contribution >= 4 is 5.91 Å². The smallest absolute Gasteiger partial charge is 0.234 e. The molecule has 5 unspecified atom stereocenters. The van der Waals surface area contributed by atoms with Gasteiger partial charge in [0.25, 0.3) is 0 Å². The summed E-state index contributed by atoms with van der Waals surface area (Å²) in [5.41, 5.74) is 1.09. The maximum atomic E-state index is 12.9. The van der Waals surface area contributed by atoms with Gasteiger partial charge >= 0.3 is 0 Å². The van der Waals surface area contributed by atoms with Crippen molar-refractivity contribution in [3.8, 4) is 5.75 Å². The molecule has 5 rings (SSSR count). The summed E-state index contributed by atoms with van der Waals surface area (Å²) < 4.78 is 5.68. The van der Waals surface area contributed by atoms with Gasteiger partial charge in [-0.1, -0.05) is 18.2 Å². The molecule has 0 spiro atoms. The highest BCUT2D eigenvalue weighted by Crippen LogP contribution is 2.56. The number of likely N-dealkylation sites (tertiary alicyclic amines) is 1. The molecule has 2 heterocycles. The lowest BCUT2D eigenvalue weighted by atomic mass is 9.76. The molecule has 2 saturated carbocycles. The Bertz CT molecular complexity index is 582. The highest BCUT2D eigenvalue weighted by molar-refractivity contribution is 5.86. The third-order valence-corrected chi connectivity index (χ3v) is 6.09. The van der Waals surface area contributed by atoms with Crippen molar-refractivity contribution < 1.29 is 9.53 Å². The van der Waals surface area contributed by atoms with Gasteiger partial charge in [0.2, 0.25) is 5.91 Å². The topological polar surface area (TPSA) is 29.5 Å². The van der Waals surface area contributed by atoms with Crippen LogP contribution in [0.3, 0.4) is 0 Å². The molecule has 1 aromatic carbocycles. The summed E-state index contributed by atoms with van der Waals surface area (Å²) in [5, 5.41) is 0. The zero-order valence-corrected chi connectivity index (χ0v) is 11.5. The van der Waals surface area contributed by atoms with Crippen LogP contribution in [-0.4, -0.2) is 30.0 Å². The summed E-state index contributed by atoms with van der Waals surface area (Å²) in [5.74, 6) is 3.67. The second-order valence-corrected chi connectivity index (χ2v) is 6.88. The van der Waals surface area contributed by atoms with Crippen molar-refractivity contribution in [2.24, 2.45) is 17.8 Å². The molecular formula is C17H19NO2. The van der Waals surface area contributed by atoms with E-state index in [-0.39, 0.29) is 5.92 Å². The second-order valence-electron chi connectivity index (χ2n) is 6.88. The molecule has 3 fully saturated rings. The van der Waals surface area contributed by atoms with E-state index in [2.05, 4.69) is 4.90 Å². The van der Waals surface area contributed by atoms with E-state index in [1.54, 1.807) is 0 Å². The Kier molecular flexibility index (Phi) is 2.11. The van der Waals surface area contributed by atoms with Gasteiger partial charge in [0.15, 0.2) is 0 Å². The molecule has 3 nitrogen and oxygen atoms in total. The molecule has 0 aromatic heterocycles. The highest BCUT2D eigenvalue weighted by atomic mass is 16.5. The number of rotatable bonds is 1. The molecule has 2 aliphatic carbocycles. The third kappa shape index (κ3) is 1.28. The minimum atomic E-state index is -0.0636. The van der Waals surface area contributed by atoms with Gasteiger partial charge in [0, 0.05) is 24.1 Å². The van der Waals surface area contributed by atoms with Gasteiger partial charge in [-0.25, -0.2) is 0 Å². The number of benzene rings is 1. The lowest BCUT2D eigenvalue weighted by Crippen LogP contribution is -2.62. The lowest BCUT2D eigenvalue weighted by molar-refractivity contribution is -0.148. The molecule has 1 amide bonds. The Morgan fingerprint density at radius 2 is 2.05 bits per heavy atom. The molecule has 104 valence electrons. The van der Waals surface area contributed by atoms with E-state index in [1.807, 2.05) is 24.3 Å². The molecule has 3 heteroatoms. The van der Waals surface area contributed by atoms with Crippen LogP contribution in [0.5, 0.6) is 5.75 Å². The van der Waals surface area contributed by atoms with Crippen LogP contribution in [0.25, 0.3) is 0 Å². The highest BCUT2D eigenvalue weighted by Gasteiger charge is 2.58. The molecule has 5 atom stereocenters. The summed E-state index contributed by atoms with van der Waals surface area (Å²) in [6.45, 7) is 1.53. The lowest BCUT2D eigenvalue weighted by Gasteiger charge is -2.51. The number of para-hydroxylation sites is 1. The van der Waals surface area contributed by atoms with Crippen LogP contribution in [0.1, 0.15) is 30.7 Å². The summed E-state index contributed by atoms with van der Waals surface area (Å²) >= 11 is 0. The summed E-state index contributed by atoms with van der Waals surface area (Å²) in [6, 6.07) is 8.56. The van der Waals surface area contributed by atoms with Gasteiger partial charge in [0.1, 0.15) is 18.3 Å². The first kappa shape index (κ1) is 11.2. The molecule has 2 bridgehead atoms. The average molecular weight is 269 g/mol. The number of hydrogen-bond donors (Lipinski definition) is 0. The Balaban J connectivity index is 1.40. The van der Waals surface area contributed by atoms with Gasteiger partial charge in [-0.2, -0.15) is 0 Å². The molecule has 2 aliphatic heterocycles. The van der Waals surface area contributed by atoms with Crippen LogP contribution >= 0.6 is 0 Å². The molecule has 1 aromatic rings. The van der Waals surface area contributed by atoms with Crippen molar-refractivity contribution in [1.82, 2.24) is 4.90 Å². The van der Waals surface area contributed by atoms with Crippen molar-refractivity contribution in [3.05, 3.63) is 29.8 Å². The largest absolute Gasteiger partial charge is 0.492 e. The van der Waals surface area contributed by atoms with E-state index < -0.39 is 0 Å². The second kappa shape index (κ2) is 3.78. The Hall–Kier alpha value is -1.51. The minimum absolute atomic E-state index is 0.0636. The molecular weight excluding hydrogens is 250 g/mol. The van der Waals surface area contributed by atoms with E-state index in [9.17, 15) is 4.79 Å². The zero-order chi connectivity index (χ0) is 13.3. The van der Waals surface area contributed by atoms with E-state index in [1.165, 1.54) is 19.3 Å². The van der Waals surface area contributed by atoms with E-state index >= 15 is 0 Å². The fraction of sp³-hybridized carbons (Fsp3) is 0.588. The van der Waals surface area contributed by atoms with Crippen LogP contribution in [-0.2, 0) is 4.79 Å². The van der Waals surface area contributed by atoms with E-state index in [0.717, 1.165) is 35.6 Å². The van der Waals surface area contributed by atoms with Gasteiger partial charge in [-0.15, -0.1) is 0 Å². The number of amides is 1. The standard InChI is InChI=1S/C17H19NO2/c19-17(14-9-20-15-4-2-1-3-12(14)15)18-8-13-10-5-6-11(7-10)16(13)18/h1-4,10-11,13-14,16H,5-9H2. The minimum Gasteiger partial charge on any atom is -0.492 e. The van der Waals surface area contributed by atoms with Crippen molar-refractivity contribution in [1.29, 1.82) is 0 Å². The average Bonchev–Trinajstić information content (AvgIpc) is 3.09. The number of nitrogens with zero attached hydrogens (tertiary/aromatic N) is 1. The van der Waals surface area contributed by atoms with Crippen LogP contribution in [0, 0.1) is 17.8 Å². The summed E-state index contributed by atoms with van der Waals surface area (Å²) in [6.07, 6.45) is 4.12. The van der Waals surface area contributed by atoms with Crippen molar-refractivity contribution in [2.75, 3.05) is 13.2 Å². The maximum absolute atomic E-state index is 12.9. The van der Waals surface area contributed by atoms with Crippen LogP contribution < -0.4 is 4.74 Å². The first-order valence-electron chi connectivity index (χ1n) is 7.85.